The van der Waals surface area contributed by atoms with E-state index >= 15 is 0 Å². The molecule has 2 aromatic rings. The number of nitrogens with zero attached hydrogens (tertiary/aromatic N) is 2. The summed E-state index contributed by atoms with van der Waals surface area (Å²) in [5, 5.41) is 6.48. The Balaban J connectivity index is 1.95. The van der Waals surface area contributed by atoms with Gasteiger partial charge in [-0.1, -0.05) is 17.4 Å². The van der Waals surface area contributed by atoms with Gasteiger partial charge in [0.25, 0.3) is 0 Å². The number of hydrogen-bond acceptors (Lipinski definition) is 6. The number of rotatable bonds is 6. The Morgan fingerprint density at radius 1 is 1.39 bits per heavy atom. The van der Waals surface area contributed by atoms with E-state index in [0.717, 1.165) is 29.0 Å². The molecule has 0 aliphatic carbocycles. The van der Waals surface area contributed by atoms with Crippen LogP contribution in [0.15, 0.2) is 17.5 Å². The number of anilines is 1. The van der Waals surface area contributed by atoms with Gasteiger partial charge in [-0.3, -0.25) is 0 Å². The molecule has 2 rings (SSSR count). The van der Waals surface area contributed by atoms with E-state index in [1.807, 2.05) is 19.0 Å². The lowest BCUT2D eigenvalue weighted by Gasteiger charge is -2.05. The summed E-state index contributed by atoms with van der Waals surface area (Å²) in [7, 11) is 5.64. The fraction of sp³-hybridized carbons (Fsp3) is 0.417. The number of ether oxygens (including phenoxy) is 1. The van der Waals surface area contributed by atoms with Crippen LogP contribution >= 0.6 is 22.7 Å². The molecule has 4 nitrogen and oxygen atoms in total. The molecule has 0 saturated carbocycles. The summed E-state index contributed by atoms with van der Waals surface area (Å²) < 4.78 is 5.30. The second kappa shape index (κ2) is 6.17. The van der Waals surface area contributed by atoms with Gasteiger partial charge in [-0.05, 0) is 11.4 Å². The van der Waals surface area contributed by atoms with Crippen LogP contribution in [-0.4, -0.2) is 26.2 Å². The molecule has 98 valence electrons. The molecule has 0 atom stereocenters. The SMILES string of the molecule is COc1nc(N(C)C)sc1CNCc1cccs1. The van der Waals surface area contributed by atoms with Crippen molar-refractivity contribution in [2.45, 2.75) is 13.1 Å². The van der Waals surface area contributed by atoms with E-state index in [9.17, 15) is 0 Å². The zero-order valence-electron chi connectivity index (χ0n) is 10.8. The van der Waals surface area contributed by atoms with Crippen LogP contribution in [0.2, 0.25) is 0 Å². The lowest BCUT2D eigenvalue weighted by atomic mass is 10.4. The van der Waals surface area contributed by atoms with Crippen molar-refractivity contribution in [1.29, 1.82) is 0 Å². The molecule has 2 aromatic heterocycles. The Kier molecular flexibility index (Phi) is 4.57. The Morgan fingerprint density at radius 2 is 2.22 bits per heavy atom. The van der Waals surface area contributed by atoms with Gasteiger partial charge in [-0.25, -0.2) is 0 Å². The predicted molar refractivity (Wildman–Crippen MR) is 77.9 cm³/mol. The molecular weight excluding hydrogens is 266 g/mol. The first kappa shape index (κ1) is 13.3. The molecule has 6 heteroatoms. The van der Waals surface area contributed by atoms with E-state index in [1.54, 1.807) is 29.8 Å². The fourth-order valence-corrected chi connectivity index (χ4v) is 3.10. The quantitative estimate of drug-likeness (QED) is 0.884. The molecule has 0 unspecified atom stereocenters. The third kappa shape index (κ3) is 3.22. The maximum Gasteiger partial charge on any atom is 0.230 e. The molecule has 0 fully saturated rings. The van der Waals surface area contributed by atoms with Crippen LogP contribution in [0.25, 0.3) is 0 Å². The van der Waals surface area contributed by atoms with Gasteiger partial charge in [0.1, 0.15) is 0 Å². The third-order valence-corrected chi connectivity index (χ3v) is 4.47. The first-order valence-electron chi connectivity index (χ1n) is 5.65. The molecule has 0 aromatic carbocycles. The summed E-state index contributed by atoms with van der Waals surface area (Å²) in [5.41, 5.74) is 0. The molecule has 0 aliphatic rings. The molecule has 2 heterocycles. The van der Waals surface area contributed by atoms with E-state index in [1.165, 1.54) is 4.88 Å². The standard InChI is InChI=1S/C12H17N3OS2/c1-15(2)12-14-11(16-3)10(18-12)8-13-7-9-5-4-6-17-9/h4-6,13H,7-8H2,1-3H3. The number of thiophene rings is 1. The first-order chi connectivity index (χ1) is 8.70. The molecular formula is C12H17N3OS2. The number of hydrogen-bond donors (Lipinski definition) is 1. The predicted octanol–water partition coefficient (Wildman–Crippen LogP) is 2.57. The van der Waals surface area contributed by atoms with Crippen molar-refractivity contribution in [3.8, 4) is 5.88 Å². The summed E-state index contributed by atoms with van der Waals surface area (Å²) in [4.78, 5) is 8.90. The minimum atomic E-state index is 0.724. The van der Waals surface area contributed by atoms with Gasteiger partial charge < -0.3 is 15.0 Å². The van der Waals surface area contributed by atoms with Crippen LogP contribution in [0.3, 0.4) is 0 Å². The summed E-state index contributed by atoms with van der Waals surface area (Å²) in [5.74, 6) is 0.724. The Bertz CT molecular complexity index is 479. The van der Waals surface area contributed by atoms with Crippen molar-refractivity contribution in [1.82, 2.24) is 10.3 Å². The average molecular weight is 283 g/mol. The highest BCUT2D eigenvalue weighted by atomic mass is 32.1. The monoisotopic (exact) mass is 283 g/mol. The van der Waals surface area contributed by atoms with Crippen molar-refractivity contribution in [2.75, 3.05) is 26.1 Å². The summed E-state index contributed by atoms with van der Waals surface area (Å²) in [6, 6.07) is 4.20. The second-order valence-corrected chi connectivity index (χ2v) is 6.10. The van der Waals surface area contributed by atoms with Crippen LogP contribution < -0.4 is 15.0 Å². The molecule has 0 aliphatic heterocycles. The second-order valence-electron chi connectivity index (χ2n) is 4.01. The molecule has 0 spiro atoms. The van der Waals surface area contributed by atoms with E-state index in [0.29, 0.717) is 0 Å². The topological polar surface area (TPSA) is 37.4 Å². The van der Waals surface area contributed by atoms with Gasteiger partial charge in [0.2, 0.25) is 5.88 Å². The van der Waals surface area contributed by atoms with Crippen molar-refractivity contribution in [2.24, 2.45) is 0 Å². The molecule has 0 radical (unpaired) electrons. The smallest absolute Gasteiger partial charge is 0.230 e. The number of methoxy groups -OCH3 is 1. The Labute approximate surface area is 115 Å². The Hall–Kier alpha value is -1.11. The van der Waals surface area contributed by atoms with Crippen LogP contribution in [0.5, 0.6) is 5.88 Å². The summed E-state index contributed by atoms with van der Waals surface area (Å²) >= 11 is 3.42. The van der Waals surface area contributed by atoms with Gasteiger partial charge in [0.05, 0.1) is 12.0 Å². The highest BCUT2D eigenvalue weighted by Crippen LogP contribution is 2.30. The van der Waals surface area contributed by atoms with Crippen molar-refractivity contribution < 1.29 is 4.74 Å². The van der Waals surface area contributed by atoms with Crippen molar-refractivity contribution in [3.05, 3.63) is 27.3 Å². The number of aromatic nitrogens is 1. The normalized spacial score (nSPS) is 10.6. The number of thiazole rings is 1. The molecule has 18 heavy (non-hydrogen) atoms. The fourth-order valence-electron chi connectivity index (χ4n) is 1.50. The van der Waals surface area contributed by atoms with Gasteiger partial charge >= 0.3 is 0 Å². The zero-order valence-corrected chi connectivity index (χ0v) is 12.4. The van der Waals surface area contributed by atoms with Gasteiger partial charge in [0.15, 0.2) is 5.13 Å². The van der Waals surface area contributed by atoms with Crippen LogP contribution in [0.1, 0.15) is 9.75 Å². The van der Waals surface area contributed by atoms with Crippen LogP contribution in [0, 0.1) is 0 Å². The lowest BCUT2D eigenvalue weighted by molar-refractivity contribution is 0.395. The highest BCUT2D eigenvalue weighted by molar-refractivity contribution is 7.15. The maximum atomic E-state index is 5.30. The van der Waals surface area contributed by atoms with Gasteiger partial charge in [-0.2, -0.15) is 4.98 Å². The van der Waals surface area contributed by atoms with E-state index in [2.05, 4.69) is 27.8 Å². The van der Waals surface area contributed by atoms with E-state index in [-0.39, 0.29) is 0 Å². The maximum absolute atomic E-state index is 5.30. The molecule has 0 bridgehead atoms. The molecule has 1 N–H and O–H groups in total. The zero-order chi connectivity index (χ0) is 13.0. The number of nitrogens with one attached hydrogen (secondary N) is 1. The largest absolute Gasteiger partial charge is 0.480 e. The van der Waals surface area contributed by atoms with Crippen molar-refractivity contribution in [3.63, 3.8) is 0 Å². The molecule has 0 saturated heterocycles. The lowest BCUT2D eigenvalue weighted by Crippen LogP contribution is -2.11. The first-order valence-corrected chi connectivity index (χ1v) is 7.34. The van der Waals surface area contributed by atoms with Crippen LogP contribution in [0.4, 0.5) is 5.13 Å². The van der Waals surface area contributed by atoms with E-state index in [4.69, 9.17) is 4.74 Å². The Morgan fingerprint density at radius 3 is 2.83 bits per heavy atom. The van der Waals surface area contributed by atoms with Gasteiger partial charge in [0, 0.05) is 32.1 Å². The van der Waals surface area contributed by atoms with Crippen LogP contribution in [-0.2, 0) is 13.1 Å². The van der Waals surface area contributed by atoms with Gasteiger partial charge in [-0.15, -0.1) is 11.3 Å². The highest BCUT2D eigenvalue weighted by Gasteiger charge is 2.12. The minimum absolute atomic E-state index is 0.724. The van der Waals surface area contributed by atoms with E-state index < -0.39 is 0 Å². The average Bonchev–Trinajstić information content (AvgIpc) is 2.97. The third-order valence-electron chi connectivity index (χ3n) is 2.39. The summed E-state index contributed by atoms with van der Waals surface area (Å²) in [6.45, 7) is 1.67. The minimum Gasteiger partial charge on any atom is -0.480 e. The molecule has 0 amide bonds. The summed E-state index contributed by atoms with van der Waals surface area (Å²) in [6.07, 6.45) is 0. The van der Waals surface area contributed by atoms with Crippen molar-refractivity contribution >= 4 is 27.8 Å².